The predicted molar refractivity (Wildman–Crippen MR) is 86.1 cm³/mol. The standard InChI is InChI=1S/C13H21BrN2O4S/c1-13(2,16-21(4,18)19)8-15-7-9-5-10(14)12(17)11(6-9)20-3/h5-6,15-17H,7-8H2,1-4H3. The SMILES string of the molecule is COc1cc(CNCC(C)(C)NS(C)(=O)=O)cc(Br)c1O. The van der Waals surface area contributed by atoms with Crippen molar-refractivity contribution in [2.75, 3.05) is 19.9 Å². The lowest BCUT2D eigenvalue weighted by atomic mass is 10.1. The van der Waals surface area contributed by atoms with Gasteiger partial charge < -0.3 is 15.2 Å². The highest BCUT2D eigenvalue weighted by molar-refractivity contribution is 9.10. The fraction of sp³-hybridized carbons (Fsp3) is 0.538. The molecule has 0 aliphatic rings. The summed E-state index contributed by atoms with van der Waals surface area (Å²) in [6.45, 7) is 4.58. The van der Waals surface area contributed by atoms with Crippen LogP contribution in [0.5, 0.6) is 11.5 Å². The maximum Gasteiger partial charge on any atom is 0.209 e. The van der Waals surface area contributed by atoms with E-state index in [-0.39, 0.29) is 5.75 Å². The zero-order valence-electron chi connectivity index (χ0n) is 12.5. The number of phenols is 1. The summed E-state index contributed by atoms with van der Waals surface area (Å²) in [6, 6.07) is 3.51. The number of rotatable bonds is 7. The number of aromatic hydroxyl groups is 1. The minimum atomic E-state index is -3.25. The summed E-state index contributed by atoms with van der Waals surface area (Å²) in [5.41, 5.74) is 0.318. The minimum Gasteiger partial charge on any atom is -0.503 e. The molecule has 0 bridgehead atoms. The van der Waals surface area contributed by atoms with E-state index < -0.39 is 15.6 Å². The summed E-state index contributed by atoms with van der Waals surface area (Å²) in [5.74, 6) is 0.440. The molecule has 21 heavy (non-hydrogen) atoms. The van der Waals surface area contributed by atoms with Crippen LogP contribution in [0.25, 0.3) is 0 Å². The first-order valence-electron chi connectivity index (χ1n) is 6.29. The van der Waals surface area contributed by atoms with Crippen molar-refractivity contribution in [1.82, 2.24) is 10.0 Å². The topological polar surface area (TPSA) is 87.7 Å². The second kappa shape index (κ2) is 6.95. The number of ether oxygens (including phenoxy) is 1. The normalized spacial score (nSPS) is 12.4. The van der Waals surface area contributed by atoms with Crippen LogP contribution in [-0.4, -0.2) is 39.0 Å². The lowest BCUT2D eigenvalue weighted by Crippen LogP contribution is -2.49. The molecule has 1 aromatic carbocycles. The van der Waals surface area contributed by atoms with E-state index in [0.717, 1.165) is 11.8 Å². The van der Waals surface area contributed by atoms with Crippen LogP contribution in [0.4, 0.5) is 0 Å². The second-order valence-electron chi connectivity index (χ2n) is 5.49. The molecule has 0 fully saturated rings. The van der Waals surface area contributed by atoms with Gasteiger partial charge in [-0.3, -0.25) is 0 Å². The first-order valence-corrected chi connectivity index (χ1v) is 8.97. The van der Waals surface area contributed by atoms with Crippen LogP contribution in [0.2, 0.25) is 0 Å². The van der Waals surface area contributed by atoms with Gasteiger partial charge in [-0.15, -0.1) is 0 Å². The second-order valence-corrected chi connectivity index (χ2v) is 8.09. The number of phenolic OH excluding ortho intramolecular Hbond substituents is 1. The molecule has 0 saturated heterocycles. The Balaban J connectivity index is 2.66. The predicted octanol–water partition coefficient (Wildman–Crippen LogP) is 1.58. The average Bonchev–Trinajstić information content (AvgIpc) is 2.30. The van der Waals surface area contributed by atoms with E-state index >= 15 is 0 Å². The summed E-state index contributed by atoms with van der Waals surface area (Å²) in [4.78, 5) is 0. The molecule has 1 rings (SSSR count). The molecule has 0 aliphatic carbocycles. The molecular weight excluding hydrogens is 360 g/mol. The Morgan fingerprint density at radius 1 is 1.38 bits per heavy atom. The molecule has 0 atom stereocenters. The Morgan fingerprint density at radius 2 is 2.00 bits per heavy atom. The van der Waals surface area contributed by atoms with Crippen molar-refractivity contribution in [3.63, 3.8) is 0 Å². The lowest BCUT2D eigenvalue weighted by Gasteiger charge is -2.25. The van der Waals surface area contributed by atoms with Gasteiger partial charge >= 0.3 is 0 Å². The van der Waals surface area contributed by atoms with Crippen LogP contribution in [0.3, 0.4) is 0 Å². The molecule has 0 heterocycles. The number of benzene rings is 1. The Bertz CT molecular complexity index is 602. The molecule has 1 aromatic rings. The summed E-state index contributed by atoms with van der Waals surface area (Å²) in [6.07, 6.45) is 1.14. The number of methoxy groups -OCH3 is 1. The number of hydrogen-bond acceptors (Lipinski definition) is 5. The van der Waals surface area contributed by atoms with Crippen molar-refractivity contribution in [2.24, 2.45) is 0 Å². The van der Waals surface area contributed by atoms with E-state index in [1.54, 1.807) is 26.0 Å². The molecule has 120 valence electrons. The van der Waals surface area contributed by atoms with Crippen molar-refractivity contribution in [1.29, 1.82) is 0 Å². The van der Waals surface area contributed by atoms with Crippen LogP contribution in [0, 0.1) is 0 Å². The summed E-state index contributed by atoms with van der Waals surface area (Å²) < 4.78 is 30.7. The van der Waals surface area contributed by atoms with Crippen molar-refractivity contribution < 1.29 is 18.3 Å². The number of hydrogen-bond donors (Lipinski definition) is 3. The Kier molecular flexibility index (Phi) is 6.03. The minimum absolute atomic E-state index is 0.0559. The van der Waals surface area contributed by atoms with Crippen molar-refractivity contribution >= 4 is 26.0 Å². The molecule has 0 amide bonds. The van der Waals surface area contributed by atoms with Crippen LogP contribution in [0.1, 0.15) is 19.4 Å². The van der Waals surface area contributed by atoms with E-state index in [4.69, 9.17) is 4.74 Å². The van der Waals surface area contributed by atoms with E-state index in [1.165, 1.54) is 7.11 Å². The highest BCUT2D eigenvalue weighted by atomic mass is 79.9. The Hall–Kier alpha value is -0.830. The maximum absolute atomic E-state index is 11.3. The van der Waals surface area contributed by atoms with E-state index in [1.807, 2.05) is 0 Å². The average molecular weight is 381 g/mol. The van der Waals surface area contributed by atoms with Gasteiger partial charge in [-0.05, 0) is 47.5 Å². The number of halogens is 1. The fourth-order valence-electron chi connectivity index (χ4n) is 1.94. The maximum atomic E-state index is 11.3. The van der Waals surface area contributed by atoms with Crippen LogP contribution < -0.4 is 14.8 Å². The molecule has 8 heteroatoms. The summed E-state index contributed by atoms with van der Waals surface area (Å²) >= 11 is 3.26. The third kappa shape index (κ3) is 6.21. The van der Waals surface area contributed by atoms with Gasteiger partial charge in [-0.2, -0.15) is 0 Å². The molecule has 3 N–H and O–H groups in total. The van der Waals surface area contributed by atoms with Crippen molar-refractivity contribution in [3.05, 3.63) is 22.2 Å². The van der Waals surface area contributed by atoms with Crippen LogP contribution >= 0.6 is 15.9 Å². The van der Waals surface area contributed by atoms with Crippen LogP contribution in [0.15, 0.2) is 16.6 Å². The Morgan fingerprint density at radius 3 is 2.52 bits per heavy atom. The first-order chi connectivity index (χ1) is 9.54. The van der Waals surface area contributed by atoms with Gasteiger partial charge in [0.05, 0.1) is 17.8 Å². The third-order valence-corrected chi connectivity index (χ3v) is 4.19. The van der Waals surface area contributed by atoms with Gasteiger partial charge in [0.1, 0.15) is 0 Å². The van der Waals surface area contributed by atoms with Gasteiger partial charge in [-0.25, -0.2) is 13.1 Å². The number of sulfonamides is 1. The zero-order chi connectivity index (χ0) is 16.3. The van der Waals surface area contributed by atoms with Gasteiger partial charge in [0.2, 0.25) is 10.0 Å². The first kappa shape index (κ1) is 18.2. The van der Waals surface area contributed by atoms with E-state index in [2.05, 4.69) is 26.0 Å². The molecule has 6 nitrogen and oxygen atoms in total. The number of nitrogens with one attached hydrogen (secondary N) is 2. The highest BCUT2D eigenvalue weighted by Gasteiger charge is 2.21. The molecule has 0 aliphatic heterocycles. The monoisotopic (exact) mass is 380 g/mol. The molecule has 0 saturated carbocycles. The van der Waals surface area contributed by atoms with E-state index in [9.17, 15) is 13.5 Å². The zero-order valence-corrected chi connectivity index (χ0v) is 14.9. The molecule has 0 unspecified atom stereocenters. The molecular formula is C13H21BrN2O4S. The lowest BCUT2D eigenvalue weighted by molar-refractivity contribution is 0.370. The smallest absolute Gasteiger partial charge is 0.209 e. The summed E-state index contributed by atoms with van der Waals surface area (Å²) in [5, 5.41) is 12.9. The van der Waals surface area contributed by atoms with Crippen molar-refractivity contribution in [2.45, 2.75) is 25.9 Å². The molecule has 0 aromatic heterocycles. The van der Waals surface area contributed by atoms with Gasteiger partial charge in [0, 0.05) is 18.6 Å². The molecule has 0 spiro atoms. The largest absolute Gasteiger partial charge is 0.503 e. The van der Waals surface area contributed by atoms with Gasteiger partial charge in [0.15, 0.2) is 11.5 Å². The third-order valence-electron chi connectivity index (χ3n) is 2.67. The van der Waals surface area contributed by atoms with Crippen LogP contribution in [-0.2, 0) is 16.6 Å². The Labute approximate surface area is 134 Å². The fourth-order valence-corrected chi connectivity index (χ4v) is 3.51. The molecule has 0 radical (unpaired) electrons. The van der Waals surface area contributed by atoms with Crippen molar-refractivity contribution in [3.8, 4) is 11.5 Å². The van der Waals surface area contributed by atoms with E-state index in [0.29, 0.717) is 23.3 Å². The summed E-state index contributed by atoms with van der Waals surface area (Å²) in [7, 11) is -1.77. The van der Waals surface area contributed by atoms with Gasteiger partial charge in [-0.1, -0.05) is 0 Å². The quantitative estimate of drug-likeness (QED) is 0.668. The highest BCUT2D eigenvalue weighted by Crippen LogP contribution is 2.35. The van der Waals surface area contributed by atoms with Gasteiger partial charge in [0.25, 0.3) is 0 Å².